The van der Waals surface area contributed by atoms with Gasteiger partial charge in [0.2, 0.25) is 5.88 Å². The third-order valence-electron chi connectivity index (χ3n) is 2.21. The minimum atomic E-state index is 0.597. The molecule has 17 heavy (non-hydrogen) atoms. The van der Waals surface area contributed by atoms with Crippen LogP contribution in [0.25, 0.3) is 0 Å². The van der Waals surface area contributed by atoms with Crippen molar-refractivity contribution in [3.05, 3.63) is 23.9 Å². The first kappa shape index (κ1) is 13.9. The highest BCUT2D eigenvalue weighted by atomic mass is 16.5. The van der Waals surface area contributed by atoms with Gasteiger partial charge < -0.3 is 14.8 Å². The minimum Gasteiger partial charge on any atom is -0.481 e. The number of hydrogen-bond acceptors (Lipinski definition) is 4. The Morgan fingerprint density at radius 1 is 1.41 bits per heavy atom. The quantitative estimate of drug-likeness (QED) is 0.702. The second-order valence-electron chi connectivity index (χ2n) is 4.35. The van der Waals surface area contributed by atoms with E-state index in [4.69, 9.17) is 9.47 Å². The van der Waals surface area contributed by atoms with Crippen molar-refractivity contribution in [3.63, 3.8) is 0 Å². The van der Waals surface area contributed by atoms with Crippen LogP contribution in [0.2, 0.25) is 0 Å². The Balaban J connectivity index is 2.13. The lowest BCUT2D eigenvalue weighted by Crippen LogP contribution is -2.20. The first-order chi connectivity index (χ1) is 8.22. The highest BCUT2D eigenvalue weighted by molar-refractivity contribution is 5.20. The van der Waals surface area contributed by atoms with Gasteiger partial charge in [0.15, 0.2) is 0 Å². The van der Waals surface area contributed by atoms with Crippen molar-refractivity contribution in [2.45, 2.75) is 20.4 Å². The smallest absolute Gasteiger partial charge is 0.213 e. The lowest BCUT2D eigenvalue weighted by atomic mass is 10.2. The molecule has 1 rings (SSSR count). The molecule has 96 valence electrons. The molecule has 0 unspecified atom stereocenters. The summed E-state index contributed by atoms with van der Waals surface area (Å²) >= 11 is 0. The monoisotopic (exact) mass is 238 g/mol. The molecule has 0 amide bonds. The molecule has 0 aliphatic heterocycles. The van der Waals surface area contributed by atoms with Gasteiger partial charge in [-0.3, -0.25) is 0 Å². The van der Waals surface area contributed by atoms with Crippen molar-refractivity contribution >= 4 is 0 Å². The van der Waals surface area contributed by atoms with E-state index in [2.05, 4.69) is 24.1 Å². The third kappa shape index (κ3) is 6.24. The summed E-state index contributed by atoms with van der Waals surface area (Å²) in [7, 11) is 1.62. The van der Waals surface area contributed by atoms with Gasteiger partial charge in [0, 0.05) is 32.0 Å². The number of rotatable bonds is 8. The van der Waals surface area contributed by atoms with Crippen molar-refractivity contribution in [2.24, 2.45) is 5.92 Å². The molecule has 0 saturated carbocycles. The summed E-state index contributed by atoms with van der Waals surface area (Å²) in [5.41, 5.74) is 1.17. The number of aromatic nitrogens is 1. The molecule has 0 bridgehead atoms. The molecular weight excluding hydrogens is 216 g/mol. The lowest BCUT2D eigenvalue weighted by Gasteiger charge is -2.08. The number of methoxy groups -OCH3 is 1. The van der Waals surface area contributed by atoms with Gasteiger partial charge in [-0.1, -0.05) is 13.8 Å². The van der Waals surface area contributed by atoms with Gasteiger partial charge in [0.1, 0.15) is 0 Å². The maximum Gasteiger partial charge on any atom is 0.213 e. The molecule has 4 heteroatoms. The molecule has 1 N–H and O–H groups in total. The summed E-state index contributed by atoms with van der Waals surface area (Å²) in [6.07, 6.45) is 1.76. The Hall–Kier alpha value is -1.13. The molecule has 0 spiro atoms. The summed E-state index contributed by atoms with van der Waals surface area (Å²) in [4.78, 5) is 4.06. The van der Waals surface area contributed by atoms with Crippen molar-refractivity contribution in [3.8, 4) is 5.88 Å². The van der Waals surface area contributed by atoms with Crippen LogP contribution in [-0.4, -0.2) is 31.9 Å². The highest BCUT2D eigenvalue weighted by Crippen LogP contribution is 2.07. The SMILES string of the molecule is COc1cc(CNCCOCC(C)C)ccn1. The molecule has 1 aromatic heterocycles. The Labute approximate surface area is 103 Å². The molecule has 0 aliphatic rings. The summed E-state index contributed by atoms with van der Waals surface area (Å²) in [5, 5.41) is 3.32. The van der Waals surface area contributed by atoms with Crippen LogP contribution in [0.5, 0.6) is 5.88 Å². The minimum absolute atomic E-state index is 0.597. The van der Waals surface area contributed by atoms with Crippen LogP contribution in [0, 0.1) is 5.92 Å². The van der Waals surface area contributed by atoms with E-state index in [1.807, 2.05) is 12.1 Å². The first-order valence-corrected chi connectivity index (χ1v) is 5.99. The van der Waals surface area contributed by atoms with E-state index in [-0.39, 0.29) is 0 Å². The fourth-order valence-electron chi connectivity index (χ4n) is 1.37. The topological polar surface area (TPSA) is 43.4 Å². The predicted octanol–water partition coefficient (Wildman–Crippen LogP) is 1.85. The van der Waals surface area contributed by atoms with Gasteiger partial charge in [-0.05, 0) is 17.5 Å². The van der Waals surface area contributed by atoms with Gasteiger partial charge >= 0.3 is 0 Å². The summed E-state index contributed by atoms with van der Waals surface area (Å²) in [6.45, 7) is 7.54. The maximum atomic E-state index is 5.48. The van der Waals surface area contributed by atoms with Crippen LogP contribution in [0.3, 0.4) is 0 Å². The van der Waals surface area contributed by atoms with E-state index in [0.717, 1.165) is 26.3 Å². The van der Waals surface area contributed by atoms with Gasteiger partial charge in [-0.2, -0.15) is 0 Å². The average Bonchev–Trinajstić information content (AvgIpc) is 2.33. The Bertz CT molecular complexity index is 316. The molecule has 0 fully saturated rings. The van der Waals surface area contributed by atoms with E-state index in [9.17, 15) is 0 Å². The number of ether oxygens (including phenoxy) is 2. The molecule has 1 aromatic rings. The lowest BCUT2D eigenvalue weighted by molar-refractivity contribution is 0.111. The normalized spacial score (nSPS) is 10.8. The number of hydrogen-bond donors (Lipinski definition) is 1. The van der Waals surface area contributed by atoms with Crippen molar-refractivity contribution in [2.75, 3.05) is 26.9 Å². The average molecular weight is 238 g/mol. The molecule has 1 heterocycles. The molecule has 0 radical (unpaired) electrons. The Morgan fingerprint density at radius 2 is 2.24 bits per heavy atom. The van der Waals surface area contributed by atoms with Crippen molar-refractivity contribution in [1.29, 1.82) is 0 Å². The van der Waals surface area contributed by atoms with Crippen LogP contribution in [0.4, 0.5) is 0 Å². The van der Waals surface area contributed by atoms with E-state index in [1.54, 1.807) is 13.3 Å². The van der Waals surface area contributed by atoms with Crippen LogP contribution >= 0.6 is 0 Å². The summed E-state index contributed by atoms with van der Waals surface area (Å²) < 4.78 is 10.5. The van der Waals surface area contributed by atoms with Gasteiger partial charge in [-0.25, -0.2) is 4.98 Å². The van der Waals surface area contributed by atoms with Crippen LogP contribution in [-0.2, 0) is 11.3 Å². The molecule has 0 atom stereocenters. The Kier molecular flexibility index (Phi) is 6.58. The second kappa shape index (κ2) is 8.03. The molecular formula is C13H22N2O2. The fourth-order valence-corrected chi connectivity index (χ4v) is 1.37. The summed E-state index contributed by atoms with van der Waals surface area (Å²) in [6, 6.07) is 3.91. The van der Waals surface area contributed by atoms with Gasteiger partial charge in [-0.15, -0.1) is 0 Å². The zero-order valence-corrected chi connectivity index (χ0v) is 10.9. The van der Waals surface area contributed by atoms with E-state index in [1.165, 1.54) is 5.56 Å². The largest absolute Gasteiger partial charge is 0.481 e. The summed E-state index contributed by atoms with van der Waals surface area (Å²) in [5.74, 6) is 1.25. The van der Waals surface area contributed by atoms with Crippen molar-refractivity contribution in [1.82, 2.24) is 10.3 Å². The van der Waals surface area contributed by atoms with E-state index in [0.29, 0.717) is 11.8 Å². The molecule has 0 saturated heterocycles. The van der Waals surface area contributed by atoms with Crippen LogP contribution in [0.1, 0.15) is 19.4 Å². The molecule has 0 aliphatic carbocycles. The second-order valence-corrected chi connectivity index (χ2v) is 4.35. The zero-order chi connectivity index (χ0) is 12.5. The number of nitrogens with one attached hydrogen (secondary N) is 1. The van der Waals surface area contributed by atoms with Crippen molar-refractivity contribution < 1.29 is 9.47 Å². The fraction of sp³-hybridized carbons (Fsp3) is 0.615. The van der Waals surface area contributed by atoms with E-state index < -0.39 is 0 Å². The predicted molar refractivity (Wildman–Crippen MR) is 68.2 cm³/mol. The Morgan fingerprint density at radius 3 is 2.94 bits per heavy atom. The zero-order valence-electron chi connectivity index (χ0n) is 10.9. The standard InChI is InChI=1S/C13H22N2O2/c1-11(2)10-17-7-6-14-9-12-4-5-15-13(8-12)16-3/h4-5,8,11,14H,6-7,9-10H2,1-3H3. The van der Waals surface area contributed by atoms with E-state index >= 15 is 0 Å². The third-order valence-corrected chi connectivity index (χ3v) is 2.21. The van der Waals surface area contributed by atoms with Crippen LogP contribution < -0.4 is 10.1 Å². The maximum absolute atomic E-state index is 5.48. The number of nitrogens with zero attached hydrogens (tertiary/aromatic N) is 1. The van der Waals surface area contributed by atoms with Gasteiger partial charge in [0.25, 0.3) is 0 Å². The first-order valence-electron chi connectivity index (χ1n) is 5.99. The number of pyridine rings is 1. The molecule has 0 aromatic carbocycles. The molecule has 4 nitrogen and oxygen atoms in total. The highest BCUT2D eigenvalue weighted by Gasteiger charge is 1.97. The van der Waals surface area contributed by atoms with Gasteiger partial charge in [0.05, 0.1) is 13.7 Å². The van der Waals surface area contributed by atoms with Crippen LogP contribution in [0.15, 0.2) is 18.3 Å².